The molecule has 16 heteroatoms. The zero-order chi connectivity index (χ0) is 33.9. The van der Waals surface area contributed by atoms with E-state index in [1.165, 1.54) is 15.7 Å². The summed E-state index contributed by atoms with van der Waals surface area (Å²) in [5.41, 5.74) is 26.5. The van der Waals surface area contributed by atoms with E-state index in [1.54, 1.807) is 0 Å². The number of aromatic nitrogens is 2. The van der Waals surface area contributed by atoms with Gasteiger partial charge in [0.15, 0.2) is 0 Å². The Morgan fingerprint density at radius 2 is 1.08 bits per heavy atom. The van der Waals surface area contributed by atoms with Crippen LogP contribution in [0.5, 0.6) is 0 Å². The van der Waals surface area contributed by atoms with Crippen LogP contribution in [0.15, 0.2) is 102 Å². The van der Waals surface area contributed by atoms with Gasteiger partial charge in [-0.2, -0.15) is 4.21 Å². The molecule has 5 heterocycles. The fraction of sp³-hybridized carbons (Fsp3) is 0.294. The van der Waals surface area contributed by atoms with E-state index in [4.69, 9.17) is 34.4 Å². The van der Waals surface area contributed by atoms with Crippen LogP contribution in [0.2, 0.25) is 0 Å². The van der Waals surface area contributed by atoms with Crippen molar-refractivity contribution >= 4 is 55.0 Å². The van der Waals surface area contributed by atoms with Crippen molar-refractivity contribution in [2.75, 3.05) is 26.4 Å². The van der Waals surface area contributed by atoms with Crippen molar-refractivity contribution in [2.24, 2.45) is 5.11 Å². The van der Waals surface area contributed by atoms with Crippen LogP contribution >= 0.6 is 0 Å². The molecule has 9 rings (SSSR count). The molecule has 0 amide bonds. The first-order valence-corrected chi connectivity index (χ1v) is 16.6. The van der Waals surface area contributed by atoms with E-state index >= 15 is 0 Å². The van der Waals surface area contributed by atoms with Crippen molar-refractivity contribution in [1.29, 1.82) is 0 Å². The number of aliphatic hydroxyl groups excluding tert-OH is 1. The molecule has 7 atom stereocenters. The van der Waals surface area contributed by atoms with Crippen LogP contribution < -0.4 is 29.6 Å². The van der Waals surface area contributed by atoms with Crippen LogP contribution in [0.1, 0.15) is 12.1 Å². The van der Waals surface area contributed by atoms with Gasteiger partial charge in [-0.15, -0.1) is 0 Å². The number of aliphatic hydroxyl groups is 1. The summed E-state index contributed by atoms with van der Waals surface area (Å²) in [6.07, 6.45) is -1.32. The van der Waals surface area contributed by atoms with Crippen LogP contribution in [0.4, 0.5) is 0 Å². The standard InChI is InChI=1S/C17H16N4O2.C17H15NO4S.N3.Na/c18-20-19-13-9-23-10-16(17(13)22)21-14-7-3-1-5-11(14)12-6-2-4-8-15(12)21;19-23-21-16-10-20-9-15(17(16)22-23)18-13-7-3-1-5-11(13)12-6-2-4-8-14(12)18;1-3-2;/h1-8,13,16-17,22H,9-10H2;1-8,15-17H,9-10H2;;/q;;-1;+1/t13-,16+,17+;15-,16-,17+,23?;;/m10../s1. The second-order valence-corrected chi connectivity index (χ2v) is 12.6. The van der Waals surface area contributed by atoms with Crippen molar-refractivity contribution in [3.05, 3.63) is 123 Å². The average Bonchev–Trinajstić information content (AvgIpc) is 3.79. The third kappa shape index (κ3) is 6.62. The Balaban J connectivity index is 0.000000158. The van der Waals surface area contributed by atoms with Crippen molar-refractivity contribution in [3.8, 4) is 0 Å². The first-order chi connectivity index (χ1) is 24.0. The summed E-state index contributed by atoms with van der Waals surface area (Å²) in [7, 11) is 0. The van der Waals surface area contributed by atoms with Crippen molar-refractivity contribution in [3.63, 3.8) is 0 Å². The molecular formula is C34H31N8NaO6S. The molecule has 2 aromatic heterocycles. The van der Waals surface area contributed by atoms with E-state index in [-0.39, 0.29) is 60.5 Å². The predicted octanol–water partition coefficient (Wildman–Crippen LogP) is 4.00. The van der Waals surface area contributed by atoms with Crippen LogP contribution in [0.3, 0.4) is 0 Å². The second-order valence-electron chi connectivity index (χ2n) is 11.8. The molecule has 1 N–H and O–H groups in total. The molecule has 3 fully saturated rings. The van der Waals surface area contributed by atoms with Gasteiger partial charge in [0.25, 0.3) is 0 Å². The van der Waals surface area contributed by atoms with E-state index in [0.29, 0.717) is 19.8 Å². The Labute approximate surface area is 310 Å². The van der Waals surface area contributed by atoms with Gasteiger partial charge in [0.05, 0.1) is 50.7 Å². The van der Waals surface area contributed by atoms with Crippen LogP contribution in [0, 0.1) is 0 Å². The van der Waals surface area contributed by atoms with Crippen LogP contribution in [0.25, 0.3) is 70.0 Å². The zero-order valence-electron chi connectivity index (χ0n) is 27.0. The number of hydrogen-bond acceptors (Lipinski definition) is 7. The fourth-order valence-corrected chi connectivity index (χ4v) is 8.01. The monoisotopic (exact) mass is 702 g/mol. The number of hydrogen-bond donors (Lipinski definition) is 1. The Morgan fingerprint density at radius 1 is 0.660 bits per heavy atom. The quantitative estimate of drug-likeness (QED) is 0.125. The fourth-order valence-electron chi connectivity index (χ4n) is 7.17. The number of fused-ring (bicyclic) bond motifs is 7. The van der Waals surface area contributed by atoms with Gasteiger partial charge in [0.2, 0.25) is 0 Å². The number of benzene rings is 4. The maximum absolute atomic E-state index is 11.7. The van der Waals surface area contributed by atoms with Gasteiger partial charge in [-0.05, 0) is 29.8 Å². The summed E-state index contributed by atoms with van der Waals surface area (Å²) >= 11 is -1.69. The third-order valence-corrected chi connectivity index (χ3v) is 9.96. The third-order valence-electron chi connectivity index (χ3n) is 9.17. The number of ether oxygens (including phenoxy) is 2. The first kappa shape index (κ1) is 35.9. The van der Waals surface area contributed by atoms with E-state index in [1.807, 2.05) is 60.7 Å². The molecule has 3 saturated heterocycles. The van der Waals surface area contributed by atoms with Crippen molar-refractivity contribution < 1.29 is 56.7 Å². The molecule has 3 aliphatic heterocycles. The SMILES string of the molecule is O=S1O[C@H]2[C@H](COC[C@@H]2n2c3ccccc3c3ccccc32)O1.[N-]=[N+]=N[C@@H]1COC[C@H](n2c3ccccc3c3ccccc32)[C@H]1O.[N-]=[N+]=[N-].[Na+]. The summed E-state index contributed by atoms with van der Waals surface area (Å²) < 4.78 is 38.2. The van der Waals surface area contributed by atoms with Gasteiger partial charge in [0, 0.05) is 48.5 Å². The predicted molar refractivity (Wildman–Crippen MR) is 186 cm³/mol. The normalized spacial score (nSPS) is 25.7. The number of para-hydroxylation sites is 4. The second kappa shape index (κ2) is 15.9. The zero-order valence-corrected chi connectivity index (χ0v) is 29.8. The Hall–Kier alpha value is -3.95. The smallest absolute Gasteiger partial charge is 0.390 e. The molecule has 6 aromatic rings. The molecule has 14 nitrogen and oxygen atoms in total. The maximum Gasteiger partial charge on any atom is 1.00 e. The first-order valence-electron chi connectivity index (χ1n) is 15.6. The summed E-state index contributed by atoms with van der Waals surface area (Å²) in [5.74, 6) is 0. The van der Waals surface area contributed by atoms with E-state index in [2.05, 4.69) is 55.6 Å². The summed E-state index contributed by atoms with van der Waals surface area (Å²) in [6, 6.07) is 31.9. The Kier molecular flexibility index (Phi) is 11.4. The molecule has 0 radical (unpaired) electrons. The Bertz CT molecular complexity index is 2140. The molecule has 0 saturated carbocycles. The average molecular weight is 703 g/mol. The molecule has 250 valence electrons. The Morgan fingerprint density at radius 3 is 1.56 bits per heavy atom. The molecule has 0 spiro atoms. The molecule has 3 aliphatic rings. The topological polar surface area (TPSA) is 192 Å². The van der Waals surface area contributed by atoms with Crippen LogP contribution in [-0.4, -0.2) is 69.2 Å². The molecular weight excluding hydrogens is 671 g/mol. The van der Waals surface area contributed by atoms with Gasteiger partial charge in [-0.1, -0.05) is 77.9 Å². The van der Waals surface area contributed by atoms with E-state index in [9.17, 15) is 9.32 Å². The van der Waals surface area contributed by atoms with Gasteiger partial charge in [-0.25, -0.2) is 0 Å². The van der Waals surface area contributed by atoms with Crippen LogP contribution in [-0.2, 0) is 29.2 Å². The maximum atomic E-state index is 11.7. The molecule has 50 heavy (non-hydrogen) atoms. The van der Waals surface area contributed by atoms with Gasteiger partial charge < -0.3 is 34.8 Å². The van der Waals surface area contributed by atoms with Crippen molar-refractivity contribution in [2.45, 2.75) is 36.4 Å². The van der Waals surface area contributed by atoms with Gasteiger partial charge in [0.1, 0.15) is 12.2 Å². The largest absolute Gasteiger partial charge is 1.00 e. The van der Waals surface area contributed by atoms with Gasteiger partial charge >= 0.3 is 40.9 Å². The summed E-state index contributed by atoms with van der Waals surface area (Å²) in [6.45, 7) is 1.58. The van der Waals surface area contributed by atoms with E-state index < -0.39 is 23.5 Å². The molecule has 1 unspecified atom stereocenters. The minimum atomic E-state index is -1.69. The summed E-state index contributed by atoms with van der Waals surface area (Å²) in [4.78, 5) is 4.33. The minimum Gasteiger partial charge on any atom is -0.390 e. The van der Waals surface area contributed by atoms with E-state index in [0.717, 1.165) is 32.8 Å². The molecule has 0 bridgehead atoms. The number of rotatable bonds is 3. The number of nitrogens with zero attached hydrogens (tertiary/aromatic N) is 8. The number of azide groups is 1. The molecule has 4 aromatic carbocycles. The molecule has 0 aliphatic carbocycles. The minimum absolute atomic E-state index is 0. The van der Waals surface area contributed by atoms with Gasteiger partial charge in [-0.3, -0.25) is 13.3 Å². The van der Waals surface area contributed by atoms with Crippen molar-refractivity contribution in [1.82, 2.24) is 9.13 Å². The summed E-state index contributed by atoms with van der Waals surface area (Å²) in [5, 5.41) is 19.0.